The zero-order valence-electron chi connectivity index (χ0n) is 13.0. The Balaban J connectivity index is 2.65. The summed E-state index contributed by atoms with van der Waals surface area (Å²) in [6, 6.07) is 6.87. The van der Waals surface area contributed by atoms with E-state index in [4.69, 9.17) is 4.74 Å². The predicted molar refractivity (Wildman–Crippen MR) is 83.4 cm³/mol. The molecule has 0 aliphatic carbocycles. The van der Waals surface area contributed by atoms with Gasteiger partial charge in [-0.1, -0.05) is 25.5 Å². The highest BCUT2D eigenvalue weighted by Crippen LogP contribution is 2.16. The van der Waals surface area contributed by atoms with E-state index in [0.29, 0.717) is 24.4 Å². The molecule has 5 heteroatoms. The Labute approximate surface area is 126 Å². The lowest BCUT2D eigenvalue weighted by molar-refractivity contribution is -0.117. The Kier molecular flexibility index (Phi) is 7.46. The molecule has 0 atom stereocenters. The maximum Gasteiger partial charge on any atom is 0.340 e. The number of nitrogens with zero attached hydrogens (tertiary/aromatic N) is 1. The fourth-order valence-corrected chi connectivity index (χ4v) is 1.92. The van der Waals surface area contributed by atoms with Gasteiger partial charge in [0.2, 0.25) is 5.91 Å². The van der Waals surface area contributed by atoms with Crippen LogP contribution in [0.15, 0.2) is 24.3 Å². The Morgan fingerprint density at radius 3 is 2.62 bits per heavy atom. The van der Waals surface area contributed by atoms with Crippen LogP contribution in [0.25, 0.3) is 0 Å². The first-order valence-corrected chi connectivity index (χ1v) is 7.33. The van der Waals surface area contributed by atoms with Crippen LogP contribution in [0.5, 0.6) is 0 Å². The number of esters is 1. The van der Waals surface area contributed by atoms with Crippen molar-refractivity contribution in [3.8, 4) is 0 Å². The largest absolute Gasteiger partial charge is 0.462 e. The summed E-state index contributed by atoms with van der Waals surface area (Å²) < 4.78 is 4.98. The fraction of sp³-hybridized carbons (Fsp3) is 0.500. The Morgan fingerprint density at radius 1 is 1.24 bits per heavy atom. The van der Waals surface area contributed by atoms with Gasteiger partial charge in [-0.15, -0.1) is 0 Å². The zero-order valence-corrected chi connectivity index (χ0v) is 13.0. The van der Waals surface area contributed by atoms with Crippen molar-refractivity contribution in [3.63, 3.8) is 0 Å². The van der Waals surface area contributed by atoms with Gasteiger partial charge in [-0.3, -0.25) is 9.69 Å². The molecule has 0 saturated carbocycles. The van der Waals surface area contributed by atoms with E-state index in [-0.39, 0.29) is 5.91 Å². The standard InChI is InChI=1S/C16H24N2O3/c1-4-6-11-18(3)12-15(19)17-14-10-8-7-9-13(14)16(20)21-5-2/h7-10H,4-6,11-12H2,1-3H3,(H,17,19). The van der Waals surface area contributed by atoms with Gasteiger partial charge >= 0.3 is 5.97 Å². The molecule has 1 N–H and O–H groups in total. The maximum atomic E-state index is 12.0. The lowest BCUT2D eigenvalue weighted by atomic mass is 10.2. The number of para-hydroxylation sites is 1. The summed E-state index contributed by atoms with van der Waals surface area (Å²) in [5, 5.41) is 2.78. The van der Waals surface area contributed by atoms with Crippen molar-refractivity contribution in [1.82, 2.24) is 4.90 Å². The number of rotatable bonds is 8. The van der Waals surface area contributed by atoms with Gasteiger partial charge in [-0.2, -0.15) is 0 Å². The van der Waals surface area contributed by atoms with Crippen LogP contribution in [-0.4, -0.2) is 43.5 Å². The summed E-state index contributed by atoms with van der Waals surface area (Å²) >= 11 is 0. The van der Waals surface area contributed by atoms with Gasteiger partial charge in [-0.05, 0) is 39.1 Å². The first-order chi connectivity index (χ1) is 10.1. The monoisotopic (exact) mass is 292 g/mol. The molecular weight excluding hydrogens is 268 g/mol. The lowest BCUT2D eigenvalue weighted by Gasteiger charge is -2.16. The van der Waals surface area contributed by atoms with Crippen molar-refractivity contribution in [3.05, 3.63) is 29.8 Å². The van der Waals surface area contributed by atoms with E-state index in [0.717, 1.165) is 19.4 Å². The van der Waals surface area contributed by atoms with Crippen molar-refractivity contribution in [2.45, 2.75) is 26.7 Å². The Hall–Kier alpha value is -1.88. The lowest BCUT2D eigenvalue weighted by Crippen LogP contribution is -2.31. The van der Waals surface area contributed by atoms with Gasteiger partial charge in [0, 0.05) is 0 Å². The summed E-state index contributed by atoms with van der Waals surface area (Å²) in [5.74, 6) is -0.557. The Morgan fingerprint density at radius 2 is 1.95 bits per heavy atom. The molecule has 1 aromatic carbocycles. The summed E-state index contributed by atoms with van der Waals surface area (Å²) in [6.45, 7) is 5.35. The molecule has 0 aliphatic rings. The highest BCUT2D eigenvalue weighted by atomic mass is 16.5. The molecule has 116 valence electrons. The summed E-state index contributed by atoms with van der Waals surface area (Å²) in [7, 11) is 1.91. The van der Waals surface area contributed by atoms with Crippen molar-refractivity contribution in [1.29, 1.82) is 0 Å². The molecule has 0 saturated heterocycles. The molecule has 0 aromatic heterocycles. The average Bonchev–Trinajstić information content (AvgIpc) is 2.45. The second-order valence-corrected chi connectivity index (χ2v) is 4.91. The van der Waals surface area contributed by atoms with Gasteiger partial charge in [0.05, 0.1) is 24.4 Å². The number of carbonyl (C=O) groups is 2. The van der Waals surface area contributed by atoms with Crippen LogP contribution in [0.1, 0.15) is 37.0 Å². The second kappa shape index (κ2) is 9.13. The number of nitrogens with one attached hydrogen (secondary N) is 1. The van der Waals surface area contributed by atoms with Gasteiger partial charge in [-0.25, -0.2) is 4.79 Å². The van der Waals surface area contributed by atoms with Crippen LogP contribution >= 0.6 is 0 Å². The third kappa shape index (κ3) is 5.95. The smallest absolute Gasteiger partial charge is 0.340 e. The molecule has 0 aliphatic heterocycles. The first kappa shape index (κ1) is 17.2. The number of anilines is 1. The fourth-order valence-electron chi connectivity index (χ4n) is 1.92. The highest BCUT2D eigenvalue weighted by molar-refractivity contribution is 6.01. The highest BCUT2D eigenvalue weighted by Gasteiger charge is 2.14. The van der Waals surface area contributed by atoms with Gasteiger partial charge in [0.1, 0.15) is 0 Å². The SMILES string of the molecule is CCCCN(C)CC(=O)Nc1ccccc1C(=O)OCC. The molecule has 0 heterocycles. The minimum absolute atomic E-state index is 0.134. The average molecular weight is 292 g/mol. The van der Waals surface area contributed by atoms with Crippen molar-refractivity contribution in [2.75, 3.05) is 32.1 Å². The molecule has 0 fully saturated rings. The van der Waals surface area contributed by atoms with Gasteiger partial charge in [0.15, 0.2) is 0 Å². The van der Waals surface area contributed by atoms with Crippen molar-refractivity contribution < 1.29 is 14.3 Å². The molecule has 0 unspecified atom stereocenters. The number of amides is 1. The summed E-state index contributed by atoms with van der Waals surface area (Å²) in [4.78, 5) is 25.8. The number of hydrogen-bond acceptors (Lipinski definition) is 4. The van der Waals surface area contributed by atoms with E-state index in [2.05, 4.69) is 12.2 Å². The summed E-state index contributed by atoms with van der Waals surface area (Å²) in [6.07, 6.45) is 2.15. The number of hydrogen-bond donors (Lipinski definition) is 1. The summed E-state index contributed by atoms with van der Waals surface area (Å²) in [5.41, 5.74) is 0.869. The second-order valence-electron chi connectivity index (χ2n) is 4.91. The molecule has 1 amide bonds. The molecule has 21 heavy (non-hydrogen) atoms. The molecule has 1 aromatic rings. The van der Waals surface area contributed by atoms with Crippen LogP contribution in [-0.2, 0) is 9.53 Å². The van der Waals surface area contributed by atoms with E-state index in [9.17, 15) is 9.59 Å². The molecule has 5 nitrogen and oxygen atoms in total. The Bertz CT molecular complexity index is 474. The number of ether oxygens (including phenoxy) is 1. The number of carbonyl (C=O) groups excluding carboxylic acids is 2. The van der Waals surface area contributed by atoms with E-state index in [1.807, 2.05) is 11.9 Å². The number of benzene rings is 1. The topological polar surface area (TPSA) is 58.6 Å². The van der Waals surface area contributed by atoms with Gasteiger partial charge < -0.3 is 10.1 Å². The first-order valence-electron chi connectivity index (χ1n) is 7.33. The quantitative estimate of drug-likeness (QED) is 0.748. The van der Waals surface area contributed by atoms with E-state index >= 15 is 0 Å². The third-order valence-electron chi connectivity index (χ3n) is 3.00. The minimum atomic E-state index is -0.423. The van der Waals surface area contributed by atoms with Crippen LogP contribution in [0.3, 0.4) is 0 Å². The van der Waals surface area contributed by atoms with Crippen molar-refractivity contribution in [2.24, 2.45) is 0 Å². The van der Waals surface area contributed by atoms with E-state index < -0.39 is 5.97 Å². The van der Waals surface area contributed by atoms with Crippen LogP contribution in [0, 0.1) is 0 Å². The number of unbranched alkanes of at least 4 members (excludes halogenated alkanes) is 1. The van der Waals surface area contributed by atoms with Crippen LogP contribution in [0.4, 0.5) is 5.69 Å². The predicted octanol–water partition coefficient (Wildman–Crippen LogP) is 2.53. The van der Waals surface area contributed by atoms with E-state index in [1.165, 1.54) is 0 Å². The normalized spacial score (nSPS) is 10.5. The molecule has 0 spiro atoms. The number of likely N-dealkylation sites (N-methyl/N-ethyl adjacent to an activating group) is 1. The van der Waals surface area contributed by atoms with Crippen LogP contribution < -0.4 is 5.32 Å². The van der Waals surface area contributed by atoms with Crippen molar-refractivity contribution >= 4 is 17.6 Å². The van der Waals surface area contributed by atoms with Crippen LogP contribution in [0.2, 0.25) is 0 Å². The zero-order chi connectivity index (χ0) is 15.7. The molecule has 0 radical (unpaired) electrons. The molecule has 1 rings (SSSR count). The maximum absolute atomic E-state index is 12.0. The molecular formula is C16H24N2O3. The van der Waals surface area contributed by atoms with Gasteiger partial charge in [0.25, 0.3) is 0 Å². The minimum Gasteiger partial charge on any atom is -0.462 e. The molecule has 0 bridgehead atoms. The third-order valence-corrected chi connectivity index (χ3v) is 3.00. The van der Waals surface area contributed by atoms with E-state index in [1.54, 1.807) is 31.2 Å².